The van der Waals surface area contributed by atoms with E-state index < -0.39 is 34.4 Å². The molecule has 148 valence electrons. The fourth-order valence-corrected chi connectivity index (χ4v) is 7.12. The van der Waals surface area contributed by atoms with E-state index in [4.69, 9.17) is 6.42 Å². The highest BCUT2D eigenvalue weighted by Gasteiger charge is 2.65. The van der Waals surface area contributed by atoms with Gasteiger partial charge in [0.1, 0.15) is 5.60 Å². The van der Waals surface area contributed by atoms with Crippen molar-refractivity contribution in [1.29, 1.82) is 0 Å². The standard InChI is InChI=1S/C22H27F3O2/c1-3-21(27)10-8-16-15-5-4-13-12-14(26)6-11-22(13,18(23)19(24)25)17(15)7-9-20(16,21)2/h1,4,14-17,26-27H,5-12H2,2H3/t14-,15?,16?,17?,20-,21-,22+/m0/s1. The first-order valence-electron chi connectivity index (χ1n) is 9.98. The summed E-state index contributed by atoms with van der Waals surface area (Å²) in [5, 5.41) is 21.0. The number of hydrogen-bond acceptors (Lipinski definition) is 2. The van der Waals surface area contributed by atoms with Crippen LogP contribution in [0, 0.1) is 40.9 Å². The zero-order valence-electron chi connectivity index (χ0n) is 15.6. The summed E-state index contributed by atoms with van der Waals surface area (Å²) < 4.78 is 42.0. The number of aliphatic hydroxyl groups excluding tert-OH is 1. The number of halogens is 3. The Morgan fingerprint density at radius 2 is 1.85 bits per heavy atom. The lowest BCUT2D eigenvalue weighted by Gasteiger charge is -2.58. The summed E-state index contributed by atoms with van der Waals surface area (Å²) in [6, 6.07) is 0. The fraction of sp³-hybridized carbons (Fsp3) is 0.727. The molecule has 0 saturated heterocycles. The van der Waals surface area contributed by atoms with Crippen molar-refractivity contribution >= 4 is 0 Å². The SMILES string of the molecule is C#C[C@]1(O)CCC2C3CC=C4C[C@@H](O)CC[C@]4(C(F)=C(F)F)C3CC[C@@]21C. The Morgan fingerprint density at radius 3 is 2.52 bits per heavy atom. The smallest absolute Gasteiger partial charge is 0.302 e. The molecule has 4 aliphatic rings. The van der Waals surface area contributed by atoms with E-state index >= 15 is 4.39 Å². The molecule has 4 aliphatic carbocycles. The Labute approximate surface area is 158 Å². The molecular weight excluding hydrogens is 353 g/mol. The molecule has 27 heavy (non-hydrogen) atoms. The minimum absolute atomic E-state index is 0.0233. The minimum Gasteiger partial charge on any atom is -0.393 e. The predicted octanol–water partition coefficient (Wildman–Crippen LogP) is 4.73. The largest absolute Gasteiger partial charge is 0.393 e. The zero-order valence-corrected chi connectivity index (χ0v) is 15.6. The third-order valence-corrected chi connectivity index (χ3v) is 8.55. The lowest BCUT2D eigenvalue weighted by atomic mass is 9.46. The molecule has 0 aromatic carbocycles. The number of fused-ring (bicyclic) bond motifs is 5. The van der Waals surface area contributed by atoms with Crippen molar-refractivity contribution in [3.8, 4) is 12.3 Å². The van der Waals surface area contributed by atoms with Crippen molar-refractivity contribution in [2.45, 2.75) is 70.0 Å². The van der Waals surface area contributed by atoms with E-state index in [1.165, 1.54) is 0 Å². The molecule has 2 N–H and O–H groups in total. The molecule has 7 atom stereocenters. The van der Waals surface area contributed by atoms with Crippen molar-refractivity contribution in [3.63, 3.8) is 0 Å². The lowest BCUT2D eigenvalue weighted by Crippen LogP contribution is -2.55. The molecule has 5 heteroatoms. The second-order valence-corrected chi connectivity index (χ2v) is 9.28. The molecule has 0 radical (unpaired) electrons. The Hall–Kier alpha value is -1.25. The Bertz CT molecular complexity index is 749. The molecule has 0 aromatic heterocycles. The molecule has 0 aromatic rings. The maximum absolute atomic E-state index is 15.0. The Balaban J connectivity index is 1.80. The molecule has 2 nitrogen and oxygen atoms in total. The highest BCUT2D eigenvalue weighted by atomic mass is 19.3. The van der Waals surface area contributed by atoms with Gasteiger partial charge in [-0.25, -0.2) is 4.39 Å². The molecule has 3 fully saturated rings. The van der Waals surface area contributed by atoms with Crippen LogP contribution in [0.3, 0.4) is 0 Å². The van der Waals surface area contributed by atoms with Gasteiger partial charge in [0.15, 0.2) is 5.83 Å². The second kappa shape index (κ2) is 6.12. The van der Waals surface area contributed by atoms with E-state index in [0.29, 0.717) is 37.7 Å². The zero-order chi connectivity index (χ0) is 19.6. The van der Waals surface area contributed by atoms with Gasteiger partial charge in [-0.2, -0.15) is 8.78 Å². The summed E-state index contributed by atoms with van der Waals surface area (Å²) in [6.07, 6.45) is 8.63. The highest BCUT2D eigenvalue weighted by Crippen LogP contribution is 2.69. The van der Waals surface area contributed by atoms with Crippen molar-refractivity contribution in [3.05, 3.63) is 23.6 Å². The molecule has 3 saturated carbocycles. The quantitative estimate of drug-likeness (QED) is 0.510. The summed E-state index contributed by atoms with van der Waals surface area (Å²) in [5.74, 6) is 1.17. The van der Waals surface area contributed by atoms with Crippen LogP contribution in [-0.2, 0) is 0 Å². The number of allylic oxidation sites excluding steroid dienone is 2. The first-order valence-corrected chi connectivity index (χ1v) is 9.98. The summed E-state index contributed by atoms with van der Waals surface area (Å²) >= 11 is 0. The van der Waals surface area contributed by atoms with E-state index in [1.807, 2.05) is 13.0 Å². The lowest BCUT2D eigenvalue weighted by molar-refractivity contribution is -0.0975. The van der Waals surface area contributed by atoms with Crippen LogP contribution in [0.1, 0.15) is 58.3 Å². The van der Waals surface area contributed by atoms with Gasteiger partial charge in [-0.05, 0) is 69.1 Å². The van der Waals surface area contributed by atoms with Crippen LogP contribution in [0.2, 0.25) is 0 Å². The van der Waals surface area contributed by atoms with E-state index in [0.717, 1.165) is 6.42 Å². The van der Waals surface area contributed by atoms with Gasteiger partial charge in [0.25, 0.3) is 0 Å². The van der Waals surface area contributed by atoms with Gasteiger partial charge in [-0.1, -0.05) is 24.5 Å². The van der Waals surface area contributed by atoms with Crippen molar-refractivity contribution < 1.29 is 23.4 Å². The molecule has 0 heterocycles. The summed E-state index contributed by atoms with van der Waals surface area (Å²) in [4.78, 5) is 0. The van der Waals surface area contributed by atoms with E-state index in [2.05, 4.69) is 5.92 Å². The van der Waals surface area contributed by atoms with E-state index in [9.17, 15) is 19.0 Å². The van der Waals surface area contributed by atoms with Crippen molar-refractivity contribution in [2.75, 3.05) is 0 Å². The topological polar surface area (TPSA) is 40.5 Å². The molecule has 4 rings (SSSR count). The third-order valence-electron chi connectivity index (χ3n) is 8.55. The monoisotopic (exact) mass is 380 g/mol. The van der Waals surface area contributed by atoms with Gasteiger partial charge in [0.2, 0.25) is 0 Å². The normalized spacial score (nSPS) is 48.6. The minimum atomic E-state index is -2.24. The third kappa shape index (κ3) is 2.36. The Morgan fingerprint density at radius 1 is 1.15 bits per heavy atom. The van der Waals surface area contributed by atoms with Crippen LogP contribution in [0.25, 0.3) is 0 Å². The van der Waals surface area contributed by atoms with Crippen LogP contribution in [0.5, 0.6) is 0 Å². The first kappa shape index (κ1) is 19.1. The maximum Gasteiger partial charge on any atom is 0.302 e. The van der Waals surface area contributed by atoms with Gasteiger partial charge in [-0.15, -0.1) is 6.42 Å². The number of terminal acetylenes is 1. The van der Waals surface area contributed by atoms with Gasteiger partial charge in [0.05, 0.1) is 11.5 Å². The van der Waals surface area contributed by atoms with Crippen LogP contribution < -0.4 is 0 Å². The van der Waals surface area contributed by atoms with Crippen LogP contribution in [0.15, 0.2) is 23.6 Å². The van der Waals surface area contributed by atoms with Crippen molar-refractivity contribution in [2.24, 2.45) is 28.6 Å². The number of rotatable bonds is 1. The highest BCUT2D eigenvalue weighted by molar-refractivity contribution is 5.36. The molecular formula is C22H27F3O2. The Kier molecular flexibility index (Phi) is 4.33. The predicted molar refractivity (Wildman–Crippen MR) is 96.2 cm³/mol. The van der Waals surface area contributed by atoms with Gasteiger partial charge < -0.3 is 10.2 Å². The van der Waals surface area contributed by atoms with Gasteiger partial charge >= 0.3 is 6.08 Å². The van der Waals surface area contributed by atoms with Crippen LogP contribution in [0.4, 0.5) is 13.2 Å². The fourth-order valence-electron chi connectivity index (χ4n) is 7.12. The van der Waals surface area contributed by atoms with E-state index in [1.54, 1.807) is 0 Å². The summed E-state index contributed by atoms with van der Waals surface area (Å²) in [7, 11) is 0. The molecule has 0 amide bonds. The van der Waals surface area contributed by atoms with Crippen LogP contribution in [-0.4, -0.2) is 21.9 Å². The summed E-state index contributed by atoms with van der Waals surface area (Å²) in [5.41, 5.74) is -2.29. The van der Waals surface area contributed by atoms with Crippen molar-refractivity contribution in [1.82, 2.24) is 0 Å². The van der Waals surface area contributed by atoms with E-state index in [-0.39, 0.29) is 30.6 Å². The summed E-state index contributed by atoms with van der Waals surface area (Å²) in [6.45, 7) is 2.01. The van der Waals surface area contributed by atoms with Gasteiger partial charge in [-0.3, -0.25) is 0 Å². The average molecular weight is 380 g/mol. The second-order valence-electron chi connectivity index (χ2n) is 9.28. The van der Waals surface area contributed by atoms with Gasteiger partial charge in [0, 0.05) is 5.41 Å². The molecule has 0 aliphatic heterocycles. The first-order chi connectivity index (χ1) is 12.7. The maximum atomic E-state index is 15.0. The molecule has 3 unspecified atom stereocenters. The molecule has 0 spiro atoms. The molecule has 0 bridgehead atoms. The average Bonchev–Trinajstić information content (AvgIpc) is 2.92. The van der Waals surface area contributed by atoms with Crippen LogP contribution >= 0.6 is 0 Å². The number of aliphatic hydroxyl groups is 2. The number of hydrogen-bond donors (Lipinski definition) is 2.